The molecule has 0 unspecified atom stereocenters. The van der Waals surface area contributed by atoms with Crippen molar-refractivity contribution in [3.05, 3.63) is 80.4 Å². The van der Waals surface area contributed by atoms with E-state index in [1.165, 1.54) is 16.7 Å². The van der Waals surface area contributed by atoms with Crippen molar-refractivity contribution in [2.75, 3.05) is 0 Å². The van der Waals surface area contributed by atoms with Crippen LogP contribution < -0.4 is 22.0 Å². The van der Waals surface area contributed by atoms with Crippen LogP contribution in [0.2, 0.25) is 0 Å². The SMILES string of the molecule is CCn1c(=O)c(=O)[nH]c2cc(C(=O)NNC(=O)c3ccccc3)ccc21. The summed E-state index contributed by atoms with van der Waals surface area (Å²) in [6.45, 7) is 2.08. The maximum Gasteiger partial charge on any atom is 0.316 e. The highest BCUT2D eigenvalue weighted by molar-refractivity contribution is 6.00. The number of amides is 2. The molecule has 3 rings (SSSR count). The van der Waals surface area contributed by atoms with Crippen LogP contribution in [-0.4, -0.2) is 21.4 Å². The number of rotatable bonds is 3. The predicted octanol–water partition coefficient (Wildman–Crippen LogP) is 0.785. The predicted molar refractivity (Wildman–Crippen MR) is 95.9 cm³/mol. The fourth-order valence-electron chi connectivity index (χ4n) is 2.58. The van der Waals surface area contributed by atoms with Gasteiger partial charge in [0.05, 0.1) is 11.0 Å². The second-order valence-corrected chi connectivity index (χ2v) is 5.51. The first-order valence-electron chi connectivity index (χ1n) is 7.94. The molecule has 2 aromatic carbocycles. The number of fused-ring (bicyclic) bond motifs is 1. The molecule has 0 fully saturated rings. The van der Waals surface area contributed by atoms with Gasteiger partial charge in [-0.1, -0.05) is 18.2 Å². The molecule has 0 bridgehead atoms. The van der Waals surface area contributed by atoms with E-state index < -0.39 is 22.9 Å². The van der Waals surface area contributed by atoms with Gasteiger partial charge >= 0.3 is 11.1 Å². The van der Waals surface area contributed by atoms with E-state index in [9.17, 15) is 19.2 Å². The molecule has 0 saturated carbocycles. The van der Waals surface area contributed by atoms with Crippen molar-refractivity contribution in [3.8, 4) is 0 Å². The summed E-state index contributed by atoms with van der Waals surface area (Å²) in [5.74, 6) is -1.00. The normalized spacial score (nSPS) is 10.5. The first-order chi connectivity index (χ1) is 12.5. The van der Waals surface area contributed by atoms with Gasteiger partial charge in [0.25, 0.3) is 11.8 Å². The Bertz CT molecular complexity index is 1100. The molecule has 0 aliphatic heterocycles. The Morgan fingerprint density at radius 1 is 0.962 bits per heavy atom. The lowest BCUT2D eigenvalue weighted by molar-refractivity contribution is 0.0847. The van der Waals surface area contributed by atoms with Gasteiger partial charge in [0.15, 0.2) is 0 Å². The summed E-state index contributed by atoms with van der Waals surface area (Å²) in [4.78, 5) is 50.2. The highest BCUT2D eigenvalue weighted by Crippen LogP contribution is 2.11. The number of hydrogen-bond donors (Lipinski definition) is 3. The van der Waals surface area contributed by atoms with Gasteiger partial charge in [-0.05, 0) is 37.3 Å². The van der Waals surface area contributed by atoms with Crippen molar-refractivity contribution in [3.63, 3.8) is 0 Å². The van der Waals surface area contributed by atoms with E-state index in [1.54, 1.807) is 43.3 Å². The van der Waals surface area contributed by atoms with E-state index >= 15 is 0 Å². The molecule has 0 saturated heterocycles. The zero-order valence-corrected chi connectivity index (χ0v) is 13.9. The minimum Gasteiger partial charge on any atom is -0.316 e. The van der Waals surface area contributed by atoms with E-state index in [0.29, 0.717) is 23.1 Å². The summed E-state index contributed by atoms with van der Waals surface area (Å²) < 4.78 is 1.33. The standard InChI is InChI=1S/C18H16N4O4/c1-2-22-14-9-8-12(10-13(14)19-17(25)18(22)26)16(24)21-20-15(23)11-6-4-3-5-7-11/h3-10H,2H2,1H3,(H,19,25)(H,20,23)(H,21,24). The van der Waals surface area contributed by atoms with Crippen LogP contribution in [0.3, 0.4) is 0 Å². The van der Waals surface area contributed by atoms with Gasteiger partial charge in [-0.15, -0.1) is 0 Å². The van der Waals surface area contributed by atoms with Gasteiger partial charge in [-0.3, -0.25) is 30.0 Å². The van der Waals surface area contributed by atoms with Crippen molar-refractivity contribution in [1.29, 1.82) is 0 Å². The molecule has 0 aliphatic rings. The monoisotopic (exact) mass is 352 g/mol. The fourth-order valence-corrected chi connectivity index (χ4v) is 2.58. The topological polar surface area (TPSA) is 113 Å². The fraction of sp³-hybridized carbons (Fsp3) is 0.111. The zero-order chi connectivity index (χ0) is 18.7. The molecule has 26 heavy (non-hydrogen) atoms. The van der Waals surface area contributed by atoms with Crippen LogP contribution in [0, 0.1) is 0 Å². The highest BCUT2D eigenvalue weighted by atomic mass is 16.2. The highest BCUT2D eigenvalue weighted by Gasteiger charge is 2.12. The molecule has 1 heterocycles. The molecule has 3 aromatic rings. The van der Waals surface area contributed by atoms with E-state index in [-0.39, 0.29) is 5.56 Å². The van der Waals surface area contributed by atoms with Gasteiger partial charge in [0.1, 0.15) is 0 Å². The smallest absolute Gasteiger partial charge is 0.316 e. The van der Waals surface area contributed by atoms with Crippen LogP contribution in [0.15, 0.2) is 58.1 Å². The average Bonchev–Trinajstić information content (AvgIpc) is 2.67. The van der Waals surface area contributed by atoms with Crippen molar-refractivity contribution in [2.24, 2.45) is 0 Å². The molecule has 1 aromatic heterocycles. The summed E-state index contributed by atoms with van der Waals surface area (Å²) in [6, 6.07) is 13.0. The second kappa shape index (κ2) is 7.06. The maximum atomic E-state index is 12.2. The molecule has 0 spiro atoms. The van der Waals surface area contributed by atoms with Crippen molar-refractivity contribution in [1.82, 2.24) is 20.4 Å². The second-order valence-electron chi connectivity index (χ2n) is 5.51. The molecule has 3 N–H and O–H groups in total. The molecule has 8 heteroatoms. The van der Waals surface area contributed by atoms with Crippen LogP contribution in [0.25, 0.3) is 11.0 Å². The van der Waals surface area contributed by atoms with Crippen molar-refractivity contribution in [2.45, 2.75) is 13.5 Å². The summed E-state index contributed by atoms with van der Waals surface area (Å²) >= 11 is 0. The maximum absolute atomic E-state index is 12.2. The van der Waals surface area contributed by atoms with Crippen molar-refractivity contribution < 1.29 is 9.59 Å². The number of hydrazine groups is 1. The Morgan fingerprint density at radius 2 is 1.62 bits per heavy atom. The van der Waals surface area contributed by atoms with Crippen molar-refractivity contribution >= 4 is 22.8 Å². The Morgan fingerprint density at radius 3 is 2.27 bits per heavy atom. The third-order valence-corrected chi connectivity index (χ3v) is 3.88. The molecule has 0 aliphatic carbocycles. The average molecular weight is 352 g/mol. The number of aryl methyl sites for hydroxylation is 1. The number of nitrogens with zero attached hydrogens (tertiary/aromatic N) is 1. The van der Waals surface area contributed by atoms with Gasteiger partial charge in [0, 0.05) is 17.7 Å². The number of H-pyrrole nitrogens is 1. The van der Waals surface area contributed by atoms with Crippen LogP contribution in [0.4, 0.5) is 0 Å². The first-order valence-corrected chi connectivity index (χ1v) is 7.94. The molecule has 0 radical (unpaired) electrons. The number of carbonyl (C=O) groups is 2. The summed E-state index contributed by atoms with van der Waals surface area (Å²) in [6.07, 6.45) is 0. The number of benzene rings is 2. The third-order valence-electron chi connectivity index (χ3n) is 3.88. The Labute approximate surface area is 147 Å². The van der Waals surface area contributed by atoms with E-state index in [4.69, 9.17) is 0 Å². The van der Waals surface area contributed by atoms with Crippen LogP contribution in [0.5, 0.6) is 0 Å². The quantitative estimate of drug-likeness (QED) is 0.478. The van der Waals surface area contributed by atoms with E-state index in [1.807, 2.05) is 0 Å². The molecule has 132 valence electrons. The Kier molecular flexibility index (Phi) is 4.66. The van der Waals surface area contributed by atoms with Gasteiger partial charge in [0.2, 0.25) is 0 Å². The Hall–Kier alpha value is -3.68. The number of aromatic amines is 1. The number of aromatic nitrogens is 2. The van der Waals surface area contributed by atoms with Crippen LogP contribution in [-0.2, 0) is 6.54 Å². The molecule has 2 amide bonds. The lowest BCUT2D eigenvalue weighted by Crippen LogP contribution is -2.41. The Balaban J connectivity index is 1.83. The molecule has 8 nitrogen and oxygen atoms in total. The molecular formula is C18H16N4O4. The number of carbonyl (C=O) groups excluding carboxylic acids is 2. The molecular weight excluding hydrogens is 336 g/mol. The van der Waals surface area contributed by atoms with Gasteiger partial charge in [-0.25, -0.2) is 0 Å². The van der Waals surface area contributed by atoms with Gasteiger partial charge in [-0.2, -0.15) is 0 Å². The lowest BCUT2D eigenvalue weighted by atomic mass is 10.2. The minimum atomic E-state index is -0.755. The largest absolute Gasteiger partial charge is 0.316 e. The minimum absolute atomic E-state index is 0.225. The zero-order valence-electron chi connectivity index (χ0n) is 13.9. The van der Waals surface area contributed by atoms with Crippen LogP contribution >= 0.6 is 0 Å². The molecule has 0 atom stereocenters. The van der Waals surface area contributed by atoms with Crippen LogP contribution in [0.1, 0.15) is 27.6 Å². The summed E-state index contributed by atoms with van der Waals surface area (Å²) in [7, 11) is 0. The number of hydrogen-bond acceptors (Lipinski definition) is 4. The van der Waals surface area contributed by atoms with E-state index in [0.717, 1.165) is 0 Å². The number of nitrogens with one attached hydrogen (secondary N) is 3. The van der Waals surface area contributed by atoms with Gasteiger partial charge < -0.3 is 9.55 Å². The van der Waals surface area contributed by atoms with E-state index in [2.05, 4.69) is 15.8 Å². The summed E-state index contributed by atoms with van der Waals surface area (Å²) in [5, 5.41) is 0. The lowest BCUT2D eigenvalue weighted by Gasteiger charge is -2.10. The summed E-state index contributed by atoms with van der Waals surface area (Å²) in [5.41, 5.74) is 4.74. The third kappa shape index (κ3) is 3.25. The first kappa shape index (κ1) is 17.2.